The molecule has 0 aliphatic heterocycles. The van der Waals surface area contributed by atoms with E-state index in [0.29, 0.717) is 5.92 Å². The zero-order chi connectivity index (χ0) is 29.9. The molecule has 0 aliphatic rings. The molecule has 0 aromatic heterocycles. The van der Waals surface area contributed by atoms with Crippen LogP contribution < -0.4 is 11.3 Å². The lowest BCUT2D eigenvalue weighted by Crippen LogP contribution is -2.52. The monoisotopic (exact) mass is 582 g/mol. The summed E-state index contributed by atoms with van der Waals surface area (Å²) in [4.78, 5) is 12.8. The summed E-state index contributed by atoms with van der Waals surface area (Å²) in [5.41, 5.74) is -0.677. The predicted octanol–water partition coefficient (Wildman–Crippen LogP) is 12.6. The third-order valence-electron chi connectivity index (χ3n) is 9.94. The quantitative estimate of drug-likeness (QED) is 0.0826. The summed E-state index contributed by atoms with van der Waals surface area (Å²) in [7, 11) is 0. The smallest absolute Gasteiger partial charge is 0.0481 e. The molecular weight excluding hydrogens is 502 g/mol. The Kier molecular flexibility index (Phi) is 30.6. The first kappa shape index (κ1) is 42.6. The van der Waals surface area contributed by atoms with Crippen LogP contribution in [0.25, 0.3) is 0 Å². The van der Waals surface area contributed by atoms with Gasteiger partial charge in [0.1, 0.15) is 0 Å². The van der Waals surface area contributed by atoms with Crippen molar-refractivity contribution in [2.75, 3.05) is 0 Å². The Morgan fingerprint density at radius 3 is 1.07 bits per heavy atom. The fourth-order valence-corrected chi connectivity index (χ4v) is 7.22. The average Bonchev–Trinajstić information content (AvgIpc) is 2.91. The molecule has 4 N–H and O–H groups in total. The SMILES string of the molecule is CCCCCCCCCCCCCCCC(C(C)C)C(CCCCCCCCCCCCCC)(C(=O)[O-])C(C)C.[NH4+]. The minimum atomic E-state index is -0.779. The first-order chi connectivity index (χ1) is 19.3. The highest BCUT2D eigenvalue weighted by Crippen LogP contribution is 2.46. The fraction of sp³-hybridized carbons (Fsp3) is 0.974. The molecule has 0 spiro atoms. The molecule has 0 amide bonds. The molecular formula is C38H79NO2. The molecule has 41 heavy (non-hydrogen) atoms. The van der Waals surface area contributed by atoms with Gasteiger partial charge in [0, 0.05) is 11.4 Å². The lowest BCUT2D eigenvalue weighted by Gasteiger charge is -2.47. The van der Waals surface area contributed by atoms with Gasteiger partial charge in [-0.3, -0.25) is 0 Å². The number of hydrogen-bond donors (Lipinski definition) is 1. The van der Waals surface area contributed by atoms with E-state index in [-0.39, 0.29) is 18.0 Å². The lowest BCUT2D eigenvalue weighted by molar-refractivity contribution is -0.327. The second-order valence-corrected chi connectivity index (χ2v) is 14.0. The van der Waals surface area contributed by atoms with Crippen LogP contribution in [0.4, 0.5) is 0 Å². The minimum absolute atomic E-state index is 0. The molecule has 3 nitrogen and oxygen atoms in total. The van der Waals surface area contributed by atoms with Crippen molar-refractivity contribution in [3.8, 4) is 0 Å². The number of rotatable bonds is 31. The van der Waals surface area contributed by atoms with Crippen LogP contribution in [0.3, 0.4) is 0 Å². The van der Waals surface area contributed by atoms with E-state index in [1.54, 1.807) is 0 Å². The van der Waals surface area contributed by atoms with E-state index in [1.165, 1.54) is 154 Å². The molecule has 248 valence electrons. The van der Waals surface area contributed by atoms with Crippen molar-refractivity contribution in [1.29, 1.82) is 0 Å². The summed E-state index contributed by atoms with van der Waals surface area (Å²) < 4.78 is 0. The van der Waals surface area contributed by atoms with Gasteiger partial charge in [-0.2, -0.15) is 0 Å². The topological polar surface area (TPSA) is 76.6 Å². The van der Waals surface area contributed by atoms with Gasteiger partial charge >= 0.3 is 0 Å². The third kappa shape index (κ3) is 20.9. The van der Waals surface area contributed by atoms with Gasteiger partial charge in [-0.1, -0.05) is 202 Å². The number of carbonyl (C=O) groups excluding carboxylic acids is 1. The number of carbonyl (C=O) groups is 1. The Morgan fingerprint density at radius 2 is 0.805 bits per heavy atom. The van der Waals surface area contributed by atoms with Crippen LogP contribution in [0.5, 0.6) is 0 Å². The van der Waals surface area contributed by atoms with Gasteiger partial charge in [0.05, 0.1) is 0 Å². The van der Waals surface area contributed by atoms with E-state index in [9.17, 15) is 9.90 Å². The van der Waals surface area contributed by atoms with Crippen LogP contribution in [0.1, 0.15) is 215 Å². The molecule has 0 aromatic carbocycles. The van der Waals surface area contributed by atoms with Gasteiger partial charge in [0.15, 0.2) is 0 Å². The van der Waals surface area contributed by atoms with Crippen LogP contribution in [-0.2, 0) is 4.79 Å². The molecule has 2 atom stereocenters. The number of carboxylic acid groups (broad SMARTS) is 1. The van der Waals surface area contributed by atoms with E-state index in [0.717, 1.165) is 19.3 Å². The zero-order valence-electron chi connectivity index (χ0n) is 29.6. The molecule has 0 fully saturated rings. The molecule has 0 saturated carbocycles. The Balaban J connectivity index is 0. The van der Waals surface area contributed by atoms with Crippen molar-refractivity contribution in [3.05, 3.63) is 0 Å². The highest BCUT2D eigenvalue weighted by molar-refractivity contribution is 5.73. The highest BCUT2D eigenvalue weighted by Gasteiger charge is 2.43. The Bertz CT molecular complexity index is 546. The molecule has 0 radical (unpaired) electrons. The van der Waals surface area contributed by atoms with Crippen molar-refractivity contribution < 1.29 is 9.90 Å². The maximum atomic E-state index is 12.8. The largest absolute Gasteiger partial charge is 0.550 e. The summed E-state index contributed by atoms with van der Waals surface area (Å²) >= 11 is 0. The van der Waals surface area contributed by atoms with Gasteiger partial charge in [0.2, 0.25) is 0 Å². The Labute approximate surface area is 259 Å². The number of aliphatic carboxylic acids is 1. The van der Waals surface area contributed by atoms with Crippen molar-refractivity contribution in [1.82, 2.24) is 6.15 Å². The van der Waals surface area contributed by atoms with Crippen LogP contribution in [0, 0.1) is 23.2 Å². The average molecular weight is 582 g/mol. The number of hydrogen-bond acceptors (Lipinski definition) is 2. The Morgan fingerprint density at radius 1 is 0.512 bits per heavy atom. The van der Waals surface area contributed by atoms with Gasteiger partial charge in [-0.25, -0.2) is 0 Å². The van der Waals surface area contributed by atoms with Gasteiger partial charge < -0.3 is 16.1 Å². The van der Waals surface area contributed by atoms with E-state index in [2.05, 4.69) is 41.5 Å². The molecule has 0 heterocycles. The summed E-state index contributed by atoms with van der Waals surface area (Å²) in [5, 5.41) is 12.8. The van der Waals surface area contributed by atoms with E-state index < -0.39 is 11.4 Å². The summed E-state index contributed by atoms with van der Waals surface area (Å²) in [5.74, 6) is -0.0496. The maximum Gasteiger partial charge on any atom is 0.0481 e. The van der Waals surface area contributed by atoms with Crippen LogP contribution in [0.15, 0.2) is 0 Å². The second-order valence-electron chi connectivity index (χ2n) is 14.0. The number of carboxylic acids is 1. The van der Waals surface area contributed by atoms with Crippen LogP contribution in [0.2, 0.25) is 0 Å². The van der Waals surface area contributed by atoms with E-state index in [1.807, 2.05) is 0 Å². The standard InChI is InChI=1S/C38H76O2.H3N/c1-7-9-11-13-15-17-19-21-22-24-26-28-30-32-36(34(3)4)38(35(5)6,37(39)40)33-31-29-27-25-23-20-18-16-14-12-10-8-2;/h34-36H,7-33H2,1-6H3,(H,39,40);1H3. The molecule has 0 rings (SSSR count). The van der Waals surface area contributed by atoms with Gasteiger partial charge in [0.25, 0.3) is 0 Å². The normalized spacial score (nSPS) is 13.9. The molecule has 0 aromatic rings. The molecule has 2 unspecified atom stereocenters. The zero-order valence-corrected chi connectivity index (χ0v) is 29.6. The first-order valence-corrected chi connectivity index (χ1v) is 18.6. The molecule has 0 aliphatic carbocycles. The number of quaternary nitrogens is 1. The van der Waals surface area contributed by atoms with E-state index >= 15 is 0 Å². The van der Waals surface area contributed by atoms with Crippen molar-refractivity contribution in [2.45, 2.75) is 215 Å². The summed E-state index contributed by atoms with van der Waals surface area (Å²) in [6.07, 6.45) is 35.3. The molecule has 3 heteroatoms. The number of unbranched alkanes of at least 4 members (excludes halogenated alkanes) is 23. The molecule has 0 saturated heterocycles. The van der Waals surface area contributed by atoms with Gasteiger partial charge in [-0.05, 0) is 30.6 Å². The molecule has 0 bridgehead atoms. The minimum Gasteiger partial charge on any atom is -0.550 e. The van der Waals surface area contributed by atoms with Crippen molar-refractivity contribution in [2.24, 2.45) is 23.2 Å². The van der Waals surface area contributed by atoms with E-state index in [4.69, 9.17) is 0 Å². The van der Waals surface area contributed by atoms with Crippen LogP contribution in [-0.4, -0.2) is 5.97 Å². The lowest BCUT2D eigenvalue weighted by atomic mass is 9.60. The highest BCUT2D eigenvalue weighted by atomic mass is 16.4. The third-order valence-corrected chi connectivity index (χ3v) is 9.94. The maximum absolute atomic E-state index is 12.8. The summed E-state index contributed by atoms with van der Waals surface area (Å²) in [6, 6.07) is 0. The van der Waals surface area contributed by atoms with Crippen molar-refractivity contribution in [3.63, 3.8) is 0 Å². The van der Waals surface area contributed by atoms with Crippen LogP contribution >= 0.6 is 0 Å². The second kappa shape index (κ2) is 29.5. The fourth-order valence-electron chi connectivity index (χ4n) is 7.22. The van der Waals surface area contributed by atoms with Crippen molar-refractivity contribution >= 4 is 5.97 Å². The first-order valence-electron chi connectivity index (χ1n) is 18.6. The Hall–Kier alpha value is -0.570. The predicted molar refractivity (Wildman–Crippen MR) is 183 cm³/mol. The summed E-state index contributed by atoms with van der Waals surface area (Å²) in [6.45, 7) is 13.3. The van der Waals surface area contributed by atoms with Gasteiger partial charge in [-0.15, -0.1) is 0 Å².